The van der Waals surface area contributed by atoms with Gasteiger partial charge in [-0.3, -0.25) is 10.1 Å². The van der Waals surface area contributed by atoms with Gasteiger partial charge in [-0.15, -0.1) is 5.10 Å². The molecule has 0 radical (unpaired) electrons. The summed E-state index contributed by atoms with van der Waals surface area (Å²) in [6, 6.07) is 1.16. The molecule has 1 heterocycles. The van der Waals surface area contributed by atoms with E-state index in [1.807, 2.05) is 0 Å². The van der Waals surface area contributed by atoms with Crippen molar-refractivity contribution in [2.24, 2.45) is 0 Å². The Morgan fingerprint density at radius 2 is 2.11 bits per heavy atom. The number of aliphatic hydroxyl groups excluding tert-OH is 1. The second-order valence-corrected chi connectivity index (χ2v) is 3.64. The van der Waals surface area contributed by atoms with Gasteiger partial charge >= 0.3 is 5.69 Å². The van der Waals surface area contributed by atoms with Gasteiger partial charge in [-0.2, -0.15) is 4.39 Å². The van der Waals surface area contributed by atoms with Crippen LogP contribution in [0.5, 0.6) is 0 Å². The summed E-state index contributed by atoms with van der Waals surface area (Å²) in [5, 5.41) is 26.5. The molecule has 0 aliphatic heterocycles. The maximum absolute atomic E-state index is 13.6. The molecule has 0 spiro atoms. The van der Waals surface area contributed by atoms with E-state index < -0.39 is 22.2 Å². The molecular formula is C10H8F2N4O3. The Morgan fingerprint density at radius 3 is 2.74 bits per heavy atom. The number of nitro benzene ring substituents is 1. The van der Waals surface area contributed by atoms with Crippen molar-refractivity contribution in [1.82, 2.24) is 15.0 Å². The van der Waals surface area contributed by atoms with Crippen molar-refractivity contribution in [3.8, 4) is 5.69 Å². The third kappa shape index (κ3) is 2.55. The van der Waals surface area contributed by atoms with Crippen molar-refractivity contribution in [2.45, 2.75) is 6.42 Å². The van der Waals surface area contributed by atoms with Crippen LogP contribution >= 0.6 is 0 Å². The van der Waals surface area contributed by atoms with Gasteiger partial charge in [0.1, 0.15) is 5.69 Å². The number of halogens is 2. The molecule has 0 bridgehead atoms. The molecule has 2 rings (SSSR count). The van der Waals surface area contributed by atoms with Gasteiger partial charge in [-0.1, -0.05) is 5.21 Å². The summed E-state index contributed by atoms with van der Waals surface area (Å²) in [6.45, 7) is -0.162. The molecule has 19 heavy (non-hydrogen) atoms. The predicted octanol–water partition coefficient (Wildman–Crippen LogP) is 0.988. The molecule has 0 aliphatic carbocycles. The zero-order chi connectivity index (χ0) is 14.0. The van der Waals surface area contributed by atoms with Crippen LogP contribution < -0.4 is 0 Å². The monoisotopic (exact) mass is 270 g/mol. The van der Waals surface area contributed by atoms with E-state index in [2.05, 4.69) is 10.3 Å². The van der Waals surface area contributed by atoms with E-state index in [-0.39, 0.29) is 18.7 Å². The molecule has 1 aromatic heterocycles. The minimum Gasteiger partial charge on any atom is -0.396 e. The van der Waals surface area contributed by atoms with Gasteiger partial charge in [-0.25, -0.2) is 9.07 Å². The van der Waals surface area contributed by atoms with Crippen LogP contribution in [0.25, 0.3) is 5.69 Å². The van der Waals surface area contributed by atoms with E-state index in [1.165, 1.54) is 6.20 Å². The Kier molecular flexibility index (Phi) is 3.47. The second-order valence-electron chi connectivity index (χ2n) is 3.64. The molecule has 2 aromatic rings. The number of aliphatic hydroxyl groups is 1. The minimum atomic E-state index is -1.26. The molecule has 0 unspecified atom stereocenters. The summed E-state index contributed by atoms with van der Waals surface area (Å²) in [5.41, 5.74) is -0.755. The lowest BCUT2D eigenvalue weighted by Crippen LogP contribution is -2.02. The van der Waals surface area contributed by atoms with Crippen molar-refractivity contribution in [3.63, 3.8) is 0 Å². The van der Waals surface area contributed by atoms with Crippen molar-refractivity contribution >= 4 is 5.69 Å². The first-order valence-corrected chi connectivity index (χ1v) is 5.19. The topological polar surface area (TPSA) is 94.1 Å². The molecule has 1 N–H and O–H groups in total. The molecule has 0 fully saturated rings. The second kappa shape index (κ2) is 5.06. The fourth-order valence-corrected chi connectivity index (χ4v) is 1.49. The van der Waals surface area contributed by atoms with Crippen LogP contribution in [0.2, 0.25) is 0 Å². The smallest absolute Gasteiger partial charge is 0.307 e. The number of hydrogen-bond donors (Lipinski definition) is 1. The summed E-state index contributed by atoms with van der Waals surface area (Å²) in [6.07, 6.45) is 1.52. The maximum Gasteiger partial charge on any atom is 0.307 e. The van der Waals surface area contributed by atoms with Crippen molar-refractivity contribution in [3.05, 3.63) is 45.8 Å². The first-order valence-electron chi connectivity index (χ1n) is 5.19. The summed E-state index contributed by atoms with van der Waals surface area (Å²) in [5.74, 6) is -2.26. The van der Waals surface area contributed by atoms with E-state index >= 15 is 0 Å². The fraction of sp³-hybridized carbons (Fsp3) is 0.200. The van der Waals surface area contributed by atoms with Crippen LogP contribution in [0.4, 0.5) is 14.5 Å². The first-order chi connectivity index (χ1) is 9.02. The van der Waals surface area contributed by atoms with Crippen LogP contribution in [0.15, 0.2) is 18.3 Å². The molecule has 0 aliphatic rings. The van der Waals surface area contributed by atoms with Crippen molar-refractivity contribution in [2.75, 3.05) is 6.61 Å². The number of benzene rings is 1. The lowest BCUT2D eigenvalue weighted by Gasteiger charge is -2.02. The third-order valence-electron chi connectivity index (χ3n) is 2.37. The molecule has 0 saturated heterocycles. The summed E-state index contributed by atoms with van der Waals surface area (Å²) in [7, 11) is 0. The number of hydrogen-bond acceptors (Lipinski definition) is 5. The predicted molar refractivity (Wildman–Crippen MR) is 58.7 cm³/mol. The zero-order valence-corrected chi connectivity index (χ0v) is 9.45. The van der Waals surface area contributed by atoms with Crippen LogP contribution in [-0.2, 0) is 6.42 Å². The van der Waals surface area contributed by atoms with E-state index in [4.69, 9.17) is 5.11 Å². The first kappa shape index (κ1) is 13.0. The molecule has 0 saturated carbocycles. The normalized spacial score (nSPS) is 10.7. The summed E-state index contributed by atoms with van der Waals surface area (Å²) >= 11 is 0. The van der Waals surface area contributed by atoms with E-state index in [1.54, 1.807) is 0 Å². The minimum absolute atomic E-state index is 0.162. The van der Waals surface area contributed by atoms with Crippen LogP contribution in [0.1, 0.15) is 5.69 Å². The van der Waals surface area contributed by atoms with Gasteiger partial charge in [-0.05, 0) is 0 Å². The Bertz CT molecular complexity index is 629. The number of aromatic nitrogens is 3. The lowest BCUT2D eigenvalue weighted by molar-refractivity contribution is -0.387. The number of nitro groups is 1. The SMILES string of the molecule is O=[N+]([O-])c1cc(-n2cc(CCO)nn2)c(F)cc1F. The highest BCUT2D eigenvalue weighted by Gasteiger charge is 2.20. The van der Waals surface area contributed by atoms with Gasteiger partial charge < -0.3 is 5.11 Å². The quantitative estimate of drug-likeness (QED) is 0.660. The highest BCUT2D eigenvalue weighted by Crippen LogP contribution is 2.23. The highest BCUT2D eigenvalue weighted by molar-refractivity contribution is 5.45. The molecule has 1 aromatic carbocycles. The summed E-state index contributed by atoms with van der Waals surface area (Å²) in [4.78, 5) is 9.63. The molecule has 9 heteroatoms. The van der Waals surface area contributed by atoms with E-state index in [0.717, 1.165) is 10.7 Å². The molecule has 7 nitrogen and oxygen atoms in total. The van der Waals surface area contributed by atoms with Gasteiger partial charge in [0.15, 0.2) is 5.82 Å². The standard InChI is InChI=1S/C10H8F2N4O3/c11-7-3-8(12)10(16(18)19)4-9(7)15-5-6(1-2-17)13-14-15/h3-5,17H,1-2H2. The molecule has 0 atom stereocenters. The van der Waals surface area contributed by atoms with E-state index in [9.17, 15) is 18.9 Å². The van der Waals surface area contributed by atoms with Gasteiger partial charge in [0.05, 0.1) is 16.8 Å². The average molecular weight is 270 g/mol. The highest BCUT2D eigenvalue weighted by atomic mass is 19.1. The Hall–Kier alpha value is -2.42. The van der Waals surface area contributed by atoms with Crippen LogP contribution in [0.3, 0.4) is 0 Å². The number of nitrogens with zero attached hydrogens (tertiary/aromatic N) is 4. The third-order valence-corrected chi connectivity index (χ3v) is 2.37. The van der Waals surface area contributed by atoms with E-state index in [0.29, 0.717) is 11.8 Å². The fourth-order valence-electron chi connectivity index (χ4n) is 1.49. The Morgan fingerprint density at radius 1 is 1.37 bits per heavy atom. The van der Waals surface area contributed by atoms with Gasteiger partial charge in [0.2, 0.25) is 5.82 Å². The van der Waals surface area contributed by atoms with Gasteiger partial charge in [0.25, 0.3) is 0 Å². The van der Waals surface area contributed by atoms with Crippen LogP contribution in [-0.4, -0.2) is 31.6 Å². The Balaban J connectivity index is 2.48. The molecule has 100 valence electrons. The Labute approximate surface area is 105 Å². The van der Waals surface area contributed by atoms with Crippen molar-refractivity contribution in [1.29, 1.82) is 0 Å². The molecular weight excluding hydrogens is 262 g/mol. The lowest BCUT2D eigenvalue weighted by atomic mass is 10.2. The summed E-state index contributed by atoms with van der Waals surface area (Å²) < 4.78 is 27.7. The van der Waals surface area contributed by atoms with Gasteiger partial charge in [0, 0.05) is 25.2 Å². The number of rotatable bonds is 4. The average Bonchev–Trinajstić information content (AvgIpc) is 2.77. The van der Waals surface area contributed by atoms with Crippen LogP contribution in [0, 0.1) is 21.7 Å². The maximum atomic E-state index is 13.6. The van der Waals surface area contributed by atoms with Crippen molar-refractivity contribution < 1.29 is 18.8 Å². The zero-order valence-electron chi connectivity index (χ0n) is 9.45. The largest absolute Gasteiger partial charge is 0.396 e. The molecule has 0 amide bonds.